The Bertz CT molecular complexity index is 305. The SMILES string of the molecule is C=C(P(=O)(OC)OC)P(=O)(OC)OCC. The summed E-state index contributed by atoms with van der Waals surface area (Å²) >= 11 is 0. The van der Waals surface area contributed by atoms with Crippen LogP contribution in [0, 0.1) is 0 Å². The summed E-state index contributed by atoms with van der Waals surface area (Å²) in [5.74, 6) is 0. The van der Waals surface area contributed by atoms with Gasteiger partial charge in [0, 0.05) is 21.3 Å². The van der Waals surface area contributed by atoms with Crippen molar-refractivity contribution in [3.63, 3.8) is 0 Å². The Hall–Kier alpha value is 0.0400. The molecule has 0 spiro atoms. The summed E-state index contributed by atoms with van der Waals surface area (Å²) < 4.78 is 42.7. The molecule has 6 nitrogen and oxygen atoms in total. The Kier molecular flexibility index (Phi) is 5.96. The van der Waals surface area contributed by atoms with Crippen molar-refractivity contribution in [2.75, 3.05) is 27.9 Å². The second-order valence-electron chi connectivity index (χ2n) is 2.38. The molecule has 0 saturated carbocycles. The van der Waals surface area contributed by atoms with Gasteiger partial charge in [-0.05, 0) is 6.92 Å². The van der Waals surface area contributed by atoms with E-state index < -0.39 is 15.2 Å². The van der Waals surface area contributed by atoms with E-state index in [-0.39, 0.29) is 11.7 Å². The van der Waals surface area contributed by atoms with E-state index in [1.165, 1.54) is 21.3 Å². The molecule has 8 heteroatoms. The molecule has 0 aromatic rings. The van der Waals surface area contributed by atoms with Crippen molar-refractivity contribution in [1.29, 1.82) is 0 Å². The van der Waals surface area contributed by atoms with Crippen LogP contribution in [-0.4, -0.2) is 27.9 Å². The van der Waals surface area contributed by atoms with Gasteiger partial charge in [-0.3, -0.25) is 9.13 Å². The van der Waals surface area contributed by atoms with Gasteiger partial charge in [0.1, 0.15) is 5.06 Å². The van der Waals surface area contributed by atoms with Gasteiger partial charge < -0.3 is 18.1 Å². The Morgan fingerprint density at radius 1 is 1.07 bits per heavy atom. The third-order valence-corrected chi connectivity index (χ3v) is 6.43. The summed E-state index contributed by atoms with van der Waals surface area (Å²) in [4.78, 5) is 0. The van der Waals surface area contributed by atoms with Gasteiger partial charge in [0.25, 0.3) is 0 Å². The number of hydrogen-bond donors (Lipinski definition) is 0. The van der Waals surface area contributed by atoms with Crippen molar-refractivity contribution in [3.8, 4) is 0 Å². The van der Waals surface area contributed by atoms with Crippen molar-refractivity contribution in [3.05, 3.63) is 11.6 Å². The van der Waals surface area contributed by atoms with Crippen LogP contribution in [0.5, 0.6) is 0 Å². The fraction of sp³-hybridized carbons (Fsp3) is 0.714. The maximum atomic E-state index is 12.0. The zero-order valence-electron chi connectivity index (χ0n) is 9.26. The Labute approximate surface area is 89.6 Å². The van der Waals surface area contributed by atoms with E-state index in [1.54, 1.807) is 6.92 Å². The highest BCUT2D eigenvalue weighted by Gasteiger charge is 2.41. The van der Waals surface area contributed by atoms with Gasteiger partial charge in [-0.15, -0.1) is 0 Å². The molecule has 0 aliphatic rings. The molecular weight excluding hydrogens is 242 g/mol. The van der Waals surface area contributed by atoms with E-state index in [2.05, 4.69) is 15.6 Å². The summed E-state index contributed by atoms with van der Waals surface area (Å²) in [5, 5.41) is -0.302. The molecule has 0 rings (SSSR count). The van der Waals surface area contributed by atoms with E-state index in [4.69, 9.17) is 9.05 Å². The Morgan fingerprint density at radius 3 is 1.73 bits per heavy atom. The molecule has 90 valence electrons. The predicted molar refractivity (Wildman–Crippen MR) is 57.0 cm³/mol. The van der Waals surface area contributed by atoms with Crippen molar-refractivity contribution in [2.24, 2.45) is 0 Å². The lowest BCUT2D eigenvalue weighted by atomic mass is 10.9. The molecule has 0 saturated heterocycles. The van der Waals surface area contributed by atoms with Gasteiger partial charge in [-0.25, -0.2) is 0 Å². The molecule has 1 unspecified atom stereocenters. The predicted octanol–water partition coefficient (Wildman–Crippen LogP) is 2.82. The van der Waals surface area contributed by atoms with E-state index >= 15 is 0 Å². The first kappa shape index (κ1) is 15.0. The standard InChI is InChI=1S/C7H16O6P2/c1-6-13-15(9,12-5)7(2)14(8,10-3)11-4/h2,6H2,1,3-5H3. The molecule has 1 atom stereocenters. The average molecular weight is 258 g/mol. The largest absolute Gasteiger partial charge is 0.368 e. The molecule has 15 heavy (non-hydrogen) atoms. The van der Waals surface area contributed by atoms with E-state index in [1.807, 2.05) is 0 Å². The van der Waals surface area contributed by atoms with Gasteiger partial charge >= 0.3 is 15.2 Å². The minimum atomic E-state index is -3.65. The first-order valence-electron chi connectivity index (χ1n) is 4.12. The van der Waals surface area contributed by atoms with Crippen molar-refractivity contribution < 1.29 is 27.2 Å². The topological polar surface area (TPSA) is 71.1 Å². The van der Waals surface area contributed by atoms with Crippen LogP contribution in [0.4, 0.5) is 0 Å². The summed E-state index contributed by atoms with van der Waals surface area (Å²) in [6, 6.07) is 0. The van der Waals surface area contributed by atoms with Crippen LogP contribution in [0.1, 0.15) is 6.92 Å². The van der Waals surface area contributed by atoms with Crippen LogP contribution in [0.2, 0.25) is 0 Å². The minimum Gasteiger partial charge on any atom is -0.308 e. The quantitative estimate of drug-likeness (QED) is 0.654. The lowest BCUT2D eigenvalue weighted by molar-refractivity contribution is 0.247. The van der Waals surface area contributed by atoms with Gasteiger partial charge in [-0.1, -0.05) is 6.58 Å². The first-order chi connectivity index (χ1) is 6.90. The molecule has 0 aromatic heterocycles. The second kappa shape index (κ2) is 5.94. The van der Waals surface area contributed by atoms with Crippen LogP contribution >= 0.6 is 15.2 Å². The summed E-state index contributed by atoms with van der Waals surface area (Å²) in [7, 11) is -3.79. The smallest absolute Gasteiger partial charge is 0.308 e. The zero-order valence-corrected chi connectivity index (χ0v) is 11.0. The first-order valence-corrected chi connectivity index (χ1v) is 7.20. The van der Waals surface area contributed by atoms with Crippen LogP contribution in [0.3, 0.4) is 0 Å². The third kappa shape index (κ3) is 3.25. The average Bonchev–Trinajstić information content (AvgIpc) is 2.27. The highest BCUT2D eigenvalue weighted by Crippen LogP contribution is 2.72. The van der Waals surface area contributed by atoms with Crippen molar-refractivity contribution in [1.82, 2.24) is 0 Å². The maximum absolute atomic E-state index is 12.0. The van der Waals surface area contributed by atoms with Crippen LogP contribution in [0.25, 0.3) is 0 Å². The summed E-state index contributed by atoms with van der Waals surface area (Å²) in [6.45, 7) is 5.17. The van der Waals surface area contributed by atoms with Crippen LogP contribution < -0.4 is 0 Å². The van der Waals surface area contributed by atoms with Crippen molar-refractivity contribution >= 4 is 15.2 Å². The van der Waals surface area contributed by atoms with Gasteiger partial charge in [0.2, 0.25) is 0 Å². The van der Waals surface area contributed by atoms with Gasteiger partial charge in [0.05, 0.1) is 6.61 Å². The molecule has 0 aliphatic carbocycles. The van der Waals surface area contributed by atoms with E-state index in [9.17, 15) is 9.13 Å². The van der Waals surface area contributed by atoms with Crippen LogP contribution in [0.15, 0.2) is 11.6 Å². The second-order valence-corrected chi connectivity index (χ2v) is 7.15. The lowest BCUT2D eigenvalue weighted by Crippen LogP contribution is -1.99. The monoisotopic (exact) mass is 258 g/mol. The van der Waals surface area contributed by atoms with E-state index in [0.717, 1.165) is 0 Å². The molecule has 0 aromatic carbocycles. The molecule has 0 aliphatic heterocycles. The zero-order chi connectivity index (χ0) is 12.1. The summed E-state index contributed by atoms with van der Waals surface area (Å²) in [6.07, 6.45) is 0. The highest BCUT2D eigenvalue weighted by atomic mass is 31.2. The molecule has 0 N–H and O–H groups in total. The Balaban J connectivity index is 5.12. The highest BCUT2D eigenvalue weighted by molar-refractivity contribution is 7.78. The fourth-order valence-corrected chi connectivity index (χ4v) is 4.32. The van der Waals surface area contributed by atoms with E-state index in [0.29, 0.717) is 0 Å². The molecule has 0 bridgehead atoms. The lowest BCUT2D eigenvalue weighted by Gasteiger charge is -2.22. The molecule has 0 fully saturated rings. The normalized spacial score (nSPS) is 16.0. The Morgan fingerprint density at radius 2 is 1.47 bits per heavy atom. The summed E-state index contributed by atoms with van der Waals surface area (Å²) in [5.41, 5.74) is 0. The fourth-order valence-electron chi connectivity index (χ4n) is 0.838. The third-order valence-electron chi connectivity index (χ3n) is 1.65. The molecule has 0 radical (unpaired) electrons. The number of rotatable bonds is 7. The molecular formula is C7H16O6P2. The number of hydrogen-bond acceptors (Lipinski definition) is 6. The van der Waals surface area contributed by atoms with Gasteiger partial charge in [-0.2, -0.15) is 0 Å². The maximum Gasteiger partial charge on any atom is 0.368 e. The van der Waals surface area contributed by atoms with Gasteiger partial charge in [0.15, 0.2) is 0 Å². The minimum absolute atomic E-state index is 0.136. The van der Waals surface area contributed by atoms with Crippen LogP contribution in [-0.2, 0) is 27.2 Å². The molecule has 0 heterocycles. The van der Waals surface area contributed by atoms with Crippen molar-refractivity contribution in [2.45, 2.75) is 6.92 Å². The molecule has 0 amide bonds.